The summed E-state index contributed by atoms with van der Waals surface area (Å²) in [6.45, 7) is 2.03. The fraction of sp³-hybridized carbons (Fsp3) is 0.133. The molecule has 0 aliphatic heterocycles. The van der Waals surface area contributed by atoms with Crippen LogP contribution in [-0.4, -0.2) is 25.8 Å². The van der Waals surface area contributed by atoms with E-state index in [0.29, 0.717) is 11.3 Å². The monoisotopic (exact) mass is 266 g/mol. The number of carbonyl (C=O) groups excluding carboxylic acids is 1. The lowest BCUT2D eigenvalue weighted by Gasteiger charge is -2.01. The molecule has 0 bridgehead atoms. The van der Waals surface area contributed by atoms with Gasteiger partial charge in [-0.1, -0.05) is 17.7 Å². The molecule has 0 spiro atoms. The predicted molar refractivity (Wildman–Crippen MR) is 75.9 cm³/mol. The van der Waals surface area contributed by atoms with Crippen molar-refractivity contribution in [3.8, 4) is 17.1 Å². The van der Waals surface area contributed by atoms with E-state index in [1.807, 2.05) is 44.3 Å². The second-order valence-electron chi connectivity index (χ2n) is 4.67. The van der Waals surface area contributed by atoms with Crippen molar-refractivity contribution in [1.29, 1.82) is 0 Å². The van der Waals surface area contributed by atoms with Crippen molar-refractivity contribution in [1.82, 2.24) is 19.6 Å². The Morgan fingerprint density at radius 1 is 1.15 bits per heavy atom. The summed E-state index contributed by atoms with van der Waals surface area (Å²) in [5.41, 5.74) is 4.11. The van der Waals surface area contributed by atoms with Crippen LogP contribution in [0.1, 0.15) is 15.9 Å². The highest BCUT2D eigenvalue weighted by molar-refractivity contribution is 5.84. The van der Waals surface area contributed by atoms with Gasteiger partial charge in [-0.25, -0.2) is 4.68 Å². The zero-order valence-corrected chi connectivity index (χ0v) is 11.3. The molecule has 5 nitrogen and oxygen atoms in total. The molecule has 0 fully saturated rings. The van der Waals surface area contributed by atoms with Gasteiger partial charge in [0.15, 0.2) is 6.29 Å². The first kappa shape index (κ1) is 12.3. The van der Waals surface area contributed by atoms with Crippen LogP contribution < -0.4 is 0 Å². The Morgan fingerprint density at radius 3 is 2.50 bits per heavy atom. The number of aldehydes is 1. The van der Waals surface area contributed by atoms with Gasteiger partial charge in [0, 0.05) is 19.4 Å². The Hall–Kier alpha value is -2.69. The minimum Gasteiger partial charge on any atom is -0.298 e. The van der Waals surface area contributed by atoms with E-state index >= 15 is 0 Å². The standard InChI is InChI=1S/C15H14N4O/c1-11-3-5-13(6-4-11)19-9-12(10-20)15(17-19)14-7-8-16-18(14)2/h3-10H,1-2H3. The maximum absolute atomic E-state index is 11.2. The number of carbonyl (C=O) groups is 1. The zero-order valence-electron chi connectivity index (χ0n) is 11.3. The molecule has 0 N–H and O–H groups in total. The van der Waals surface area contributed by atoms with Gasteiger partial charge in [-0.15, -0.1) is 0 Å². The molecule has 5 heteroatoms. The molecule has 1 aromatic carbocycles. The first-order valence-electron chi connectivity index (χ1n) is 6.29. The van der Waals surface area contributed by atoms with Gasteiger partial charge in [0.1, 0.15) is 5.69 Å². The largest absolute Gasteiger partial charge is 0.298 e. The molecule has 0 saturated heterocycles. The van der Waals surface area contributed by atoms with Crippen LogP contribution in [0.3, 0.4) is 0 Å². The van der Waals surface area contributed by atoms with E-state index in [-0.39, 0.29) is 0 Å². The zero-order chi connectivity index (χ0) is 14.1. The number of benzene rings is 1. The normalized spacial score (nSPS) is 10.7. The highest BCUT2D eigenvalue weighted by Gasteiger charge is 2.14. The van der Waals surface area contributed by atoms with Crippen LogP contribution in [-0.2, 0) is 7.05 Å². The Kier molecular flexibility index (Phi) is 2.95. The summed E-state index contributed by atoms with van der Waals surface area (Å²) in [6, 6.07) is 9.82. The van der Waals surface area contributed by atoms with Crippen LogP contribution in [0.2, 0.25) is 0 Å². The molecule has 20 heavy (non-hydrogen) atoms. The molecule has 2 aromatic heterocycles. The minimum absolute atomic E-state index is 0.550. The summed E-state index contributed by atoms with van der Waals surface area (Å²) in [5.74, 6) is 0. The molecule has 0 amide bonds. The summed E-state index contributed by atoms with van der Waals surface area (Å²) in [7, 11) is 1.83. The van der Waals surface area contributed by atoms with Gasteiger partial charge < -0.3 is 0 Å². The van der Waals surface area contributed by atoms with E-state index in [4.69, 9.17) is 0 Å². The highest BCUT2D eigenvalue weighted by atomic mass is 16.1. The summed E-state index contributed by atoms with van der Waals surface area (Å²) in [4.78, 5) is 11.2. The van der Waals surface area contributed by atoms with E-state index in [9.17, 15) is 4.79 Å². The first-order chi connectivity index (χ1) is 9.69. The fourth-order valence-corrected chi connectivity index (χ4v) is 2.11. The molecule has 0 atom stereocenters. The van der Waals surface area contributed by atoms with Gasteiger partial charge in [0.05, 0.1) is 16.9 Å². The lowest BCUT2D eigenvalue weighted by atomic mass is 10.2. The third-order valence-corrected chi connectivity index (χ3v) is 3.23. The fourth-order valence-electron chi connectivity index (χ4n) is 2.11. The van der Waals surface area contributed by atoms with Crippen LogP contribution >= 0.6 is 0 Å². The number of hydrogen-bond donors (Lipinski definition) is 0. The van der Waals surface area contributed by atoms with Crippen molar-refractivity contribution < 1.29 is 4.79 Å². The van der Waals surface area contributed by atoms with Crippen LogP contribution in [0.4, 0.5) is 0 Å². The van der Waals surface area contributed by atoms with Gasteiger partial charge in [0.25, 0.3) is 0 Å². The summed E-state index contributed by atoms with van der Waals surface area (Å²) < 4.78 is 3.42. The van der Waals surface area contributed by atoms with E-state index < -0.39 is 0 Å². The molecule has 3 aromatic rings. The maximum atomic E-state index is 11.2. The van der Waals surface area contributed by atoms with Crippen LogP contribution in [0.15, 0.2) is 42.7 Å². The topological polar surface area (TPSA) is 52.7 Å². The molecule has 0 radical (unpaired) electrons. The molecule has 0 saturated carbocycles. The smallest absolute Gasteiger partial charge is 0.153 e. The minimum atomic E-state index is 0.550. The Balaban J connectivity index is 2.12. The Labute approximate surface area is 116 Å². The molecule has 2 heterocycles. The third-order valence-electron chi connectivity index (χ3n) is 3.23. The maximum Gasteiger partial charge on any atom is 0.153 e. The number of aromatic nitrogens is 4. The summed E-state index contributed by atoms with van der Waals surface area (Å²) in [6.07, 6.45) is 4.24. The molecule has 0 aliphatic carbocycles. The lowest BCUT2D eigenvalue weighted by molar-refractivity contribution is 0.112. The van der Waals surface area contributed by atoms with Gasteiger partial charge in [-0.3, -0.25) is 9.48 Å². The molecular weight excluding hydrogens is 252 g/mol. The van der Waals surface area contributed by atoms with E-state index in [0.717, 1.165) is 17.7 Å². The van der Waals surface area contributed by atoms with E-state index in [1.54, 1.807) is 21.8 Å². The predicted octanol–water partition coefficient (Wildman–Crippen LogP) is 2.39. The quantitative estimate of drug-likeness (QED) is 0.684. The molecular formula is C15H14N4O. The molecule has 0 aliphatic rings. The average molecular weight is 266 g/mol. The Morgan fingerprint density at radius 2 is 1.90 bits per heavy atom. The van der Waals surface area contributed by atoms with Crippen molar-refractivity contribution in [2.75, 3.05) is 0 Å². The number of nitrogens with zero attached hydrogens (tertiary/aromatic N) is 4. The summed E-state index contributed by atoms with van der Waals surface area (Å²) in [5, 5.41) is 8.62. The van der Waals surface area contributed by atoms with E-state index in [2.05, 4.69) is 10.2 Å². The number of hydrogen-bond acceptors (Lipinski definition) is 3. The van der Waals surface area contributed by atoms with Crippen LogP contribution in [0, 0.1) is 6.92 Å². The lowest BCUT2D eigenvalue weighted by Crippen LogP contribution is -1.97. The van der Waals surface area contributed by atoms with Crippen molar-refractivity contribution in [3.63, 3.8) is 0 Å². The molecule has 100 valence electrons. The van der Waals surface area contributed by atoms with Crippen LogP contribution in [0.5, 0.6) is 0 Å². The SMILES string of the molecule is Cc1ccc(-n2cc(C=O)c(-c3ccnn3C)n2)cc1. The van der Waals surface area contributed by atoms with Crippen molar-refractivity contribution in [2.24, 2.45) is 7.05 Å². The van der Waals surface area contributed by atoms with Crippen LogP contribution in [0.25, 0.3) is 17.1 Å². The van der Waals surface area contributed by atoms with Gasteiger partial charge in [-0.2, -0.15) is 10.2 Å². The average Bonchev–Trinajstić information content (AvgIpc) is 3.05. The third kappa shape index (κ3) is 2.03. The number of aryl methyl sites for hydroxylation is 2. The van der Waals surface area contributed by atoms with Gasteiger partial charge in [-0.05, 0) is 25.1 Å². The first-order valence-corrected chi connectivity index (χ1v) is 6.29. The Bertz CT molecular complexity index is 753. The van der Waals surface area contributed by atoms with E-state index in [1.165, 1.54) is 5.56 Å². The highest BCUT2D eigenvalue weighted by Crippen LogP contribution is 2.21. The second kappa shape index (κ2) is 4.77. The second-order valence-corrected chi connectivity index (χ2v) is 4.67. The molecule has 3 rings (SSSR count). The van der Waals surface area contributed by atoms with Gasteiger partial charge >= 0.3 is 0 Å². The van der Waals surface area contributed by atoms with Crippen molar-refractivity contribution in [2.45, 2.75) is 6.92 Å². The molecule has 0 unspecified atom stereocenters. The van der Waals surface area contributed by atoms with Crippen molar-refractivity contribution >= 4 is 6.29 Å². The summed E-state index contributed by atoms with van der Waals surface area (Å²) >= 11 is 0. The van der Waals surface area contributed by atoms with Crippen molar-refractivity contribution in [3.05, 3.63) is 53.9 Å². The van der Waals surface area contributed by atoms with Gasteiger partial charge in [0.2, 0.25) is 0 Å². The number of rotatable bonds is 3.